The molecule has 0 radical (unpaired) electrons. The van der Waals surface area contributed by atoms with Gasteiger partial charge in [0.15, 0.2) is 0 Å². The number of benzene rings is 1. The lowest BCUT2D eigenvalue weighted by Gasteiger charge is -2.17. The molecule has 2 nitrogen and oxygen atoms in total. The van der Waals surface area contributed by atoms with E-state index in [9.17, 15) is 0 Å². The van der Waals surface area contributed by atoms with E-state index >= 15 is 0 Å². The first-order valence-corrected chi connectivity index (χ1v) is 7.74. The first-order valence-electron chi connectivity index (χ1n) is 7.36. The summed E-state index contributed by atoms with van der Waals surface area (Å²) in [6, 6.07) is 10.7. The van der Waals surface area contributed by atoms with Gasteiger partial charge in [-0.3, -0.25) is 0 Å². The minimum absolute atomic E-state index is 0.377. The van der Waals surface area contributed by atoms with Gasteiger partial charge in [0.05, 0.1) is 0 Å². The van der Waals surface area contributed by atoms with Gasteiger partial charge in [-0.2, -0.15) is 0 Å². The van der Waals surface area contributed by atoms with Crippen LogP contribution in [0.5, 0.6) is 0 Å². The van der Waals surface area contributed by atoms with Gasteiger partial charge < -0.3 is 9.88 Å². The van der Waals surface area contributed by atoms with Crippen molar-refractivity contribution in [3.63, 3.8) is 0 Å². The average molecular weight is 291 g/mol. The fourth-order valence-electron chi connectivity index (χ4n) is 2.43. The van der Waals surface area contributed by atoms with E-state index in [2.05, 4.69) is 54.3 Å². The predicted octanol–water partition coefficient (Wildman–Crippen LogP) is 4.79. The lowest BCUT2D eigenvalue weighted by atomic mass is 10.0. The Bertz CT molecular complexity index is 516. The monoisotopic (exact) mass is 290 g/mol. The van der Waals surface area contributed by atoms with Crippen LogP contribution in [0.3, 0.4) is 0 Å². The molecule has 0 amide bonds. The van der Waals surface area contributed by atoms with Crippen molar-refractivity contribution in [2.24, 2.45) is 0 Å². The van der Waals surface area contributed by atoms with Crippen LogP contribution in [0.25, 0.3) is 0 Å². The number of hydrogen-bond donors (Lipinski definition) is 1. The van der Waals surface area contributed by atoms with Gasteiger partial charge in [0.1, 0.15) is 0 Å². The number of aryl methyl sites for hydroxylation is 1. The van der Waals surface area contributed by atoms with Gasteiger partial charge in [0.2, 0.25) is 0 Å². The van der Waals surface area contributed by atoms with Gasteiger partial charge in [0.25, 0.3) is 0 Å². The van der Waals surface area contributed by atoms with Gasteiger partial charge in [-0.05, 0) is 42.2 Å². The Morgan fingerprint density at radius 1 is 1.15 bits per heavy atom. The molecule has 108 valence electrons. The number of nitrogens with zero attached hydrogens (tertiary/aromatic N) is 1. The van der Waals surface area contributed by atoms with Crippen LogP contribution in [-0.2, 0) is 13.1 Å². The fraction of sp³-hybridized carbons (Fsp3) is 0.412. The molecule has 20 heavy (non-hydrogen) atoms. The van der Waals surface area contributed by atoms with Crippen LogP contribution in [0.1, 0.15) is 43.9 Å². The van der Waals surface area contributed by atoms with Gasteiger partial charge in [-0.15, -0.1) is 0 Å². The summed E-state index contributed by atoms with van der Waals surface area (Å²) in [6.45, 7) is 6.40. The lowest BCUT2D eigenvalue weighted by Crippen LogP contribution is -2.20. The fourth-order valence-corrected chi connectivity index (χ4v) is 2.55. The second kappa shape index (κ2) is 7.51. The molecule has 0 saturated carbocycles. The molecule has 2 rings (SSSR count). The third-order valence-corrected chi connectivity index (χ3v) is 3.78. The molecule has 1 N–H and O–H groups in total. The summed E-state index contributed by atoms with van der Waals surface area (Å²) >= 11 is 5.94. The van der Waals surface area contributed by atoms with E-state index in [1.807, 2.05) is 12.1 Å². The summed E-state index contributed by atoms with van der Waals surface area (Å²) in [6.07, 6.45) is 6.62. The van der Waals surface area contributed by atoms with Crippen molar-refractivity contribution in [2.45, 2.75) is 45.8 Å². The largest absolute Gasteiger partial charge is 0.354 e. The summed E-state index contributed by atoms with van der Waals surface area (Å²) in [7, 11) is 0. The number of aromatic nitrogens is 1. The Labute approximate surface area is 126 Å². The molecule has 2 aromatic rings. The predicted molar refractivity (Wildman–Crippen MR) is 86.0 cm³/mol. The van der Waals surface area contributed by atoms with E-state index in [1.54, 1.807) is 0 Å². The third-order valence-electron chi connectivity index (χ3n) is 3.53. The molecule has 3 heteroatoms. The highest BCUT2D eigenvalue weighted by Gasteiger charge is 2.08. The van der Waals surface area contributed by atoms with Gasteiger partial charge in [-0.1, -0.05) is 37.6 Å². The van der Waals surface area contributed by atoms with Crippen molar-refractivity contribution >= 4 is 11.6 Å². The van der Waals surface area contributed by atoms with Crippen LogP contribution < -0.4 is 5.32 Å². The Kier molecular flexibility index (Phi) is 5.69. The van der Waals surface area contributed by atoms with E-state index in [-0.39, 0.29) is 0 Å². The summed E-state index contributed by atoms with van der Waals surface area (Å²) < 4.78 is 2.25. The summed E-state index contributed by atoms with van der Waals surface area (Å²) in [5.74, 6) is 0. The van der Waals surface area contributed by atoms with E-state index in [1.165, 1.54) is 17.5 Å². The first kappa shape index (κ1) is 15.1. The second-order valence-electron chi connectivity index (χ2n) is 5.15. The zero-order valence-electron chi connectivity index (χ0n) is 12.3. The van der Waals surface area contributed by atoms with E-state index in [4.69, 9.17) is 11.6 Å². The highest BCUT2D eigenvalue weighted by atomic mass is 35.5. The zero-order chi connectivity index (χ0) is 14.4. The normalized spacial score (nSPS) is 12.6. The number of hydrogen-bond acceptors (Lipinski definition) is 1. The summed E-state index contributed by atoms with van der Waals surface area (Å²) in [5.41, 5.74) is 2.63. The van der Waals surface area contributed by atoms with Crippen molar-refractivity contribution in [2.75, 3.05) is 0 Å². The third kappa shape index (κ3) is 4.12. The Morgan fingerprint density at radius 2 is 1.90 bits per heavy atom. The van der Waals surface area contributed by atoms with E-state index in [0.29, 0.717) is 6.04 Å². The van der Waals surface area contributed by atoms with Crippen molar-refractivity contribution in [3.05, 3.63) is 58.9 Å². The first-order chi connectivity index (χ1) is 9.72. The standard InChI is InChI=1S/C17H23ClN2/c1-3-10-20-11-9-14(13-20)12-19-17(4-2)15-5-7-16(18)8-6-15/h5-9,11,13,17,19H,3-4,10,12H2,1-2H3. The molecule has 0 aliphatic carbocycles. The molecule has 0 aliphatic rings. The number of nitrogens with one attached hydrogen (secondary N) is 1. The van der Waals surface area contributed by atoms with Crippen molar-refractivity contribution in [3.8, 4) is 0 Å². The quantitative estimate of drug-likeness (QED) is 0.775. The Hall–Kier alpha value is -1.25. The molecule has 1 atom stereocenters. The van der Waals surface area contributed by atoms with Crippen molar-refractivity contribution in [1.82, 2.24) is 9.88 Å². The van der Waals surface area contributed by atoms with Crippen LogP contribution >= 0.6 is 11.6 Å². The number of rotatable bonds is 7. The molecule has 1 aromatic carbocycles. The SMILES string of the molecule is CCCn1ccc(CNC(CC)c2ccc(Cl)cc2)c1. The minimum Gasteiger partial charge on any atom is -0.354 e. The maximum Gasteiger partial charge on any atom is 0.0406 e. The van der Waals surface area contributed by atoms with E-state index < -0.39 is 0 Å². The maximum atomic E-state index is 5.94. The molecule has 0 fully saturated rings. The van der Waals surface area contributed by atoms with Crippen LogP contribution in [0.15, 0.2) is 42.7 Å². The topological polar surface area (TPSA) is 17.0 Å². The van der Waals surface area contributed by atoms with Crippen LogP contribution in [0.2, 0.25) is 5.02 Å². The molecule has 0 bridgehead atoms. The Morgan fingerprint density at radius 3 is 2.55 bits per heavy atom. The molecule has 0 aliphatic heterocycles. The molecule has 1 aromatic heterocycles. The second-order valence-corrected chi connectivity index (χ2v) is 5.59. The molecule has 0 spiro atoms. The van der Waals surface area contributed by atoms with Crippen molar-refractivity contribution < 1.29 is 0 Å². The zero-order valence-corrected chi connectivity index (χ0v) is 13.0. The smallest absolute Gasteiger partial charge is 0.0406 e. The van der Waals surface area contributed by atoms with E-state index in [0.717, 1.165) is 24.5 Å². The Balaban J connectivity index is 1.94. The van der Waals surface area contributed by atoms with Crippen LogP contribution in [0.4, 0.5) is 0 Å². The molecular formula is C17H23ClN2. The maximum absolute atomic E-state index is 5.94. The van der Waals surface area contributed by atoms with Gasteiger partial charge in [0, 0.05) is 36.5 Å². The minimum atomic E-state index is 0.377. The molecule has 0 saturated heterocycles. The summed E-state index contributed by atoms with van der Waals surface area (Å²) in [4.78, 5) is 0. The van der Waals surface area contributed by atoms with Crippen LogP contribution in [-0.4, -0.2) is 4.57 Å². The highest BCUT2D eigenvalue weighted by Crippen LogP contribution is 2.19. The van der Waals surface area contributed by atoms with Crippen LogP contribution in [0, 0.1) is 0 Å². The van der Waals surface area contributed by atoms with Crippen molar-refractivity contribution in [1.29, 1.82) is 0 Å². The summed E-state index contributed by atoms with van der Waals surface area (Å²) in [5, 5.41) is 4.41. The molecule has 1 unspecified atom stereocenters. The highest BCUT2D eigenvalue weighted by molar-refractivity contribution is 6.30. The number of halogens is 1. The molecule has 1 heterocycles. The lowest BCUT2D eigenvalue weighted by molar-refractivity contribution is 0.518. The van der Waals surface area contributed by atoms with Gasteiger partial charge >= 0.3 is 0 Å². The van der Waals surface area contributed by atoms with Gasteiger partial charge in [-0.25, -0.2) is 0 Å². The average Bonchev–Trinajstić information content (AvgIpc) is 2.89. The molecular weight excluding hydrogens is 268 g/mol.